The molecule has 16 heavy (non-hydrogen) atoms. The molecule has 0 aromatic carbocycles. The second kappa shape index (κ2) is 4.86. The van der Waals surface area contributed by atoms with E-state index in [2.05, 4.69) is 10.1 Å². The first-order chi connectivity index (χ1) is 7.68. The number of nitrogens with zero attached hydrogens (tertiary/aromatic N) is 3. The number of thioether (sulfide) groups is 1. The van der Waals surface area contributed by atoms with E-state index in [4.69, 9.17) is 5.11 Å². The Morgan fingerprint density at radius 3 is 2.94 bits per heavy atom. The summed E-state index contributed by atoms with van der Waals surface area (Å²) >= 11 is 1.54. The zero-order chi connectivity index (χ0) is 11.5. The maximum absolute atomic E-state index is 11.1. The molecule has 2 atom stereocenters. The van der Waals surface area contributed by atoms with Crippen molar-refractivity contribution in [3.05, 3.63) is 6.33 Å². The normalized spacial score (nSPS) is 25.6. The molecule has 0 saturated heterocycles. The summed E-state index contributed by atoms with van der Waals surface area (Å²) in [5.41, 5.74) is 0. The number of rotatable bonds is 3. The van der Waals surface area contributed by atoms with E-state index >= 15 is 0 Å². The summed E-state index contributed by atoms with van der Waals surface area (Å²) in [5, 5.41) is 14.1. The second-order valence-electron chi connectivity index (χ2n) is 4.05. The molecular formula is C10H15N3O2S. The van der Waals surface area contributed by atoms with Crippen LogP contribution in [0.25, 0.3) is 0 Å². The van der Waals surface area contributed by atoms with E-state index in [9.17, 15) is 4.79 Å². The summed E-state index contributed by atoms with van der Waals surface area (Å²) in [7, 11) is 1.83. The van der Waals surface area contributed by atoms with Gasteiger partial charge >= 0.3 is 5.97 Å². The third-order valence-corrected chi connectivity index (χ3v) is 4.39. The number of carboxylic acids is 1. The van der Waals surface area contributed by atoms with Crippen molar-refractivity contribution in [3.63, 3.8) is 0 Å². The smallest absolute Gasteiger partial charge is 0.307 e. The zero-order valence-corrected chi connectivity index (χ0v) is 9.98. The molecule has 88 valence electrons. The van der Waals surface area contributed by atoms with Gasteiger partial charge in [0.05, 0.1) is 5.92 Å². The van der Waals surface area contributed by atoms with Crippen molar-refractivity contribution in [2.45, 2.75) is 36.1 Å². The lowest BCUT2D eigenvalue weighted by molar-refractivity contribution is -0.142. The average Bonchev–Trinajstić information content (AvgIpc) is 2.65. The molecule has 0 radical (unpaired) electrons. The summed E-state index contributed by atoms with van der Waals surface area (Å²) in [6.07, 6.45) is 5.37. The van der Waals surface area contributed by atoms with Gasteiger partial charge in [-0.25, -0.2) is 9.67 Å². The quantitative estimate of drug-likeness (QED) is 0.869. The van der Waals surface area contributed by atoms with Crippen LogP contribution in [0.2, 0.25) is 0 Å². The maximum Gasteiger partial charge on any atom is 0.307 e. The van der Waals surface area contributed by atoms with Crippen molar-refractivity contribution in [2.24, 2.45) is 13.0 Å². The Morgan fingerprint density at radius 1 is 1.56 bits per heavy atom. The van der Waals surface area contributed by atoms with Crippen molar-refractivity contribution < 1.29 is 9.90 Å². The Bertz CT molecular complexity index is 380. The van der Waals surface area contributed by atoms with E-state index < -0.39 is 5.97 Å². The van der Waals surface area contributed by atoms with Crippen molar-refractivity contribution in [2.75, 3.05) is 0 Å². The van der Waals surface area contributed by atoms with Gasteiger partial charge < -0.3 is 5.11 Å². The fourth-order valence-electron chi connectivity index (χ4n) is 2.05. The van der Waals surface area contributed by atoms with Crippen LogP contribution in [0.4, 0.5) is 0 Å². The molecule has 1 heterocycles. The molecule has 0 bridgehead atoms. The van der Waals surface area contributed by atoms with Crippen LogP contribution in [-0.4, -0.2) is 31.1 Å². The topological polar surface area (TPSA) is 68.0 Å². The van der Waals surface area contributed by atoms with Crippen LogP contribution in [0.1, 0.15) is 25.7 Å². The van der Waals surface area contributed by atoms with Gasteiger partial charge in [0.1, 0.15) is 6.33 Å². The number of hydrogen-bond donors (Lipinski definition) is 1. The minimum absolute atomic E-state index is 0.133. The highest BCUT2D eigenvalue weighted by Crippen LogP contribution is 2.36. The molecular weight excluding hydrogens is 226 g/mol. The highest BCUT2D eigenvalue weighted by molar-refractivity contribution is 7.99. The molecule has 0 aliphatic heterocycles. The summed E-state index contributed by atoms with van der Waals surface area (Å²) in [5.74, 6) is -0.921. The van der Waals surface area contributed by atoms with E-state index in [1.54, 1.807) is 16.4 Å². The van der Waals surface area contributed by atoms with Crippen LogP contribution in [-0.2, 0) is 11.8 Å². The summed E-state index contributed by atoms with van der Waals surface area (Å²) in [6.45, 7) is 0. The molecule has 1 saturated carbocycles. The van der Waals surface area contributed by atoms with Crippen molar-refractivity contribution in [3.8, 4) is 0 Å². The van der Waals surface area contributed by atoms with Crippen LogP contribution in [0.3, 0.4) is 0 Å². The van der Waals surface area contributed by atoms with Crippen LogP contribution in [0.15, 0.2) is 11.5 Å². The highest BCUT2D eigenvalue weighted by Gasteiger charge is 2.32. The van der Waals surface area contributed by atoms with Crippen LogP contribution in [0, 0.1) is 5.92 Å². The van der Waals surface area contributed by atoms with Gasteiger partial charge in [-0.2, -0.15) is 5.10 Å². The summed E-state index contributed by atoms with van der Waals surface area (Å²) < 4.78 is 1.69. The van der Waals surface area contributed by atoms with Crippen LogP contribution >= 0.6 is 11.8 Å². The first-order valence-corrected chi connectivity index (χ1v) is 6.30. The minimum atomic E-state index is -0.681. The third kappa shape index (κ3) is 2.37. The van der Waals surface area contributed by atoms with E-state index in [1.165, 1.54) is 6.33 Å². The van der Waals surface area contributed by atoms with Gasteiger partial charge in [0.25, 0.3) is 0 Å². The number of aryl methyl sites for hydroxylation is 1. The molecule has 0 amide bonds. The SMILES string of the molecule is Cn1ncnc1SC1CCCCC1C(=O)O. The van der Waals surface area contributed by atoms with Crippen LogP contribution in [0.5, 0.6) is 0 Å². The van der Waals surface area contributed by atoms with E-state index in [1.807, 2.05) is 7.05 Å². The van der Waals surface area contributed by atoms with Gasteiger partial charge in [-0.15, -0.1) is 0 Å². The maximum atomic E-state index is 11.1. The number of hydrogen-bond acceptors (Lipinski definition) is 4. The standard InChI is InChI=1S/C10H15N3O2S/c1-13-10(11-6-12-13)16-8-5-3-2-4-7(8)9(14)15/h6-8H,2-5H2,1H3,(H,14,15). The Balaban J connectivity index is 2.07. The number of carboxylic acid groups (broad SMARTS) is 1. The third-order valence-electron chi connectivity index (χ3n) is 2.95. The predicted octanol–water partition coefficient (Wildman–Crippen LogP) is 1.55. The molecule has 1 aliphatic carbocycles. The van der Waals surface area contributed by atoms with Gasteiger partial charge in [0.2, 0.25) is 0 Å². The fraction of sp³-hybridized carbons (Fsp3) is 0.700. The van der Waals surface area contributed by atoms with Gasteiger partial charge in [0.15, 0.2) is 5.16 Å². The monoisotopic (exact) mass is 241 g/mol. The van der Waals surface area contributed by atoms with Crippen molar-refractivity contribution >= 4 is 17.7 Å². The molecule has 2 rings (SSSR count). The molecule has 6 heteroatoms. The van der Waals surface area contributed by atoms with E-state index in [0.717, 1.165) is 30.8 Å². The fourth-order valence-corrected chi connectivity index (χ4v) is 3.33. The minimum Gasteiger partial charge on any atom is -0.481 e. The molecule has 1 fully saturated rings. The van der Waals surface area contributed by atoms with Crippen molar-refractivity contribution in [1.29, 1.82) is 0 Å². The largest absolute Gasteiger partial charge is 0.481 e. The Kier molecular flexibility index (Phi) is 3.48. The highest BCUT2D eigenvalue weighted by atomic mass is 32.2. The Hall–Kier alpha value is -1.04. The number of carbonyl (C=O) groups is 1. The number of aromatic nitrogens is 3. The van der Waals surface area contributed by atoms with Gasteiger partial charge in [0, 0.05) is 12.3 Å². The molecule has 1 aromatic rings. The zero-order valence-electron chi connectivity index (χ0n) is 9.17. The number of aliphatic carboxylic acids is 1. The molecule has 5 nitrogen and oxygen atoms in total. The molecule has 1 aliphatic rings. The van der Waals surface area contributed by atoms with Gasteiger partial charge in [-0.3, -0.25) is 4.79 Å². The van der Waals surface area contributed by atoms with Crippen LogP contribution < -0.4 is 0 Å². The molecule has 1 aromatic heterocycles. The average molecular weight is 241 g/mol. The first-order valence-electron chi connectivity index (χ1n) is 5.42. The first kappa shape index (κ1) is 11.4. The van der Waals surface area contributed by atoms with Gasteiger partial charge in [-0.1, -0.05) is 24.6 Å². The lowest BCUT2D eigenvalue weighted by Gasteiger charge is -2.27. The van der Waals surface area contributed by atoms with Crippen molar-refractivity contribution in [1.82, 2.24) is 14.8 Å². The summed E-state index contributed by atoms with van der Waals surface area (Å²) in [4.78, 5) is 15.2. The predicted molar refractivity (Wildman–Crippen MR) is 60.2 cm³/mol. The lowest BCUT2D eigenvalue weighted by atomic mass is 9.89. The molecule has 2 unspecified atom stereocenters. The second-order valence-corrected chi connectivity index (χ2v) is 5.26. The summed E-state index contributed by atoms with van der Waals surface area (Å²) in [6, 6.07) is 0. The Labute approximate surface area is 98.3 Å². The molecule has 1 N–H and O–H groups in total. The van der Waals surface area contributed by atoms with Gasteiger partial charge in [-0.05, 0) is 12.8 Å². The van der Waals surface area contributed by atoms with E-state index in [0.29, 0.717) is 0 Å². The van der Waals surface area contributed by atoms with E-state index in [-0.39, 0.29) is 11.2 Å². The lowest BCUT2D eigenvalue weighted by Crippen LogP contribution is -2.29. The Morgan fingerprint density at radius 2 is 2.31 bits per heavy atom. The molecule has 0 spiro atoms.